The normalized spacial score (nSPS) is 12.2. The molecule has 182 valence electrons. The monoisotopic (exact) mass is 568 g/mol. The van der Waals surface area contributed by atoms with Gasteiger partial charge in [0, 0.05) is 0 Å². The van der Waals surface area contributed by atoms with Gasteiger partial charge >= 0.3 is 12.4 Å². The van der Waals surface area contributed by atoms with E-state index in [1.807, 2.05) is 91.0 Å². The fourth-order valence-electron chi connectivity index (χ4n) is 4.15. The van der Waals surface area contributed by atoms with E-state index in [1.165, 1.54) is 0 Å². The maximum absolute atomic E-state index is 13.6. The van der Waals surface area contributed by atoms with Gasteiger partial charge in [0.05, 0.1) is 17.3 Å². The molecule has 0 N–H and O–H groups in total. The van der Waals surface area contributed by atoms with Crippen molar-refractivity contribution in [2.24, 2.45) is 0 Å². The zero-order valence-corrected chi connectivity index (χ0v) is 20.7. The molecule has 0 aliphatic heterocycles. The summed E-state index contributed by atoms with van der Waals surface area (Å²) >= 11 is 0. The van der Waals surface area contributed by atoms with E-state index in [2.05, 4.69) is 0 Å². The molecule has 0 amide bonds. The first-order valence-electron chi connectivity index (χ1n) is 10.4. The number of hydrogen-bond donors (Lipinski definition) is 0. The molecule has 0 aromatic heterocycles. The van der Waals surface area contributed by atoms with Gasteiger partial charge in [-0.3, -0.25) is 0 Å². The number of hydrogen-bond acceptors (Lipinski definition) is 0. The first-order valence-corrected chi connectivity index (χ1v) is 12.4. The summed E-state index contributed by atoms with van der Waals surface area (Å²) in [4.78, 5) is 0. The van der Waals surface area contributed by atoms with Crippen LogP contribution in [0.15, 0.2) is 109 Å². The van der Waals surface area contributed by atoms with Crippen molar-refractivity contribution in [3.63, 3.8) is 0 Å². The van der Waals surface area contributed by atoms with E-state index in [1.54, 1.807) is 0 Å². The molecule has 0 unspecified atom stereocenters. The summed E-state index contributed by atoms with van der Waals surface area (Å²) in [6.07, 6.45) is -9.79. The van der Waals surface area contributed by atoms with Crippen molar-refractivity contribution in [2.75, 3.05) is 0 Å². The summed E-state index contributed by atoms with van der Waals surface area (Å²) in [5.74, 6) is 0. The Morgan fingerprint density at radius 2 is 0.800 bits per heavy atom. The fourth-order valence-corrected chi connectivity index (χ4v) is 8.37. The topological polar surface area (TPSA) is 0 Å². The smallest absolute Gasteiger partial charge is 0.416 e. The molecule has 4 aromatic carbocycles. The molecule has 0 fully saturated rings. The van der Waals surface area contributed by atoms with Gasteiger partial charge in [0.1, 0.15) is 23.2 Å². The molecule has 0 atom stereocenters. The van der Waals surface area contributed by atoms with E-state index in [0.29, 0.717) is 0 Å². The van der Waals surface area contributed by atoms with Crippen molar-refractivity contribution in [3.05, 3.63) is 126 Å². The van der Waals surface area contributed by atoms with Gasteiger partial charge in [-0.2, -0.15) is 26.3 Å². The molecule has 0 radical (unpaired) electrons. The number of halogens is 7. The second-order valence-corrected chi connectivity index (χ2v) is 11.4. The van der Waals surface area contributed by atoms with Gasteiger partial charge in [-0.05, 0) is 60.2 Å². The minimum Gasteiger partial charge on any atom is -1.00 e. The second-order valence-electron chi connectivity index (χ2n) is 7.89. The third-order valence-corrected chi connectivity index (χ3v) is 10.0. The largest absolute Gasteiger partial charge is 1.00 e. The van der Waals surface area contributed by atoms with Crippen LogP contribution in [0, 0.1) is 0 Å². The summed E-state index contributed by atoms with van der Waals surface area (Å²) in [5.41, 5.74) is -2.61. The quantitative estimate of drug-likeness (QED) is 0.250. The Hall–Kier alpha value is -2.63. The lowest BCUT2D eigenvalue weighted by Gasteiger charge is -2.28. The third-order valence-electron chi connectivity index (χ3n) is 5.66. The van der Waals surface area contributed by atoms with Crippen molar-refractivity contribution >= 4 is 23.2 Å². The number of benzene rings is 4. The molecule has 0 aliphatic rings. The maximum atomic E-state index is 13.6. The highest BCUT2D eigenvalue weighted by molar-refractivity contribution is 7.95. The Kier molecular flexibility index (Phi) is 8.13. The van der Waals surface area contributed by atoms with Crippen LogP contribution in [-0.4, -0.2) is 0 Å². The van der Waals surface area contributed by atoms with Crippen molar-refractivity contribution in [1.29, 1.82) is 0 Å². The summed E-state index contributed by atoms with van der Waals surface area (Å²) in [5, 5.41) is 2.62. The van der Waals surface area contributed by atoms with E-state index in [4.69, 9.17) is 0 Å². The molecule has 0 nitrogen and oxygen atoms in total. The molecule has 0 spiro atoms. The Balaban J connectivity index is 0.00000342. The Morgan fingerprint density at radius 1 is 0.486 bits per heavy atom. The Bertz CT molecular complexity index is 1110. The van der Waals surface area contributed by atoms with Gasteiger partial charge in [-0.25, -0.2) is 0 Å². The van der Waals surface area contributed by atoms with Gasteiger partial charge in [-0.15, -0.1) is 0 Å². The second kappa shape index (κ2) is 10.5. The zero-order valence-electron chi connectivity index (χ0n) is 18.2. The van der Waals surface area contributed by atoms with Crippen LogP contribution in [0.1, 0.15) is 16.7 Å². The van der Waals surface area contributed by atoms with E-state index in [0.717, 1.165) is 28.0 Å². The van der Waals surface area contributed by atoms with Crippen LogP contribution in [0.5, 0.6) is 0 Å². The van der Waals surface area contributed by atoms with Gasteiger partial charge in [0.2, 0.25) is 0 Å². The van der Waals surface area contributed by atoms with Crippen molar-refractivity contribution in [1.82, 2.24) is 0 Å². The first-order chi connectivity index (χ1) is 16.1. The molecule has 35 heavy (non-hydrogen) atoms. The molecule has 4 aromatic rings. The Morgan fingerprint density at radius 3 is 1.09 bits per heavy atom. The predicted molar refractivity (Wildman–Crippen MR) is 125 cm³/mol. The van der Waals surface area contributed by atoms with E-state index in [9.17, 15) is 26.3 Å². The summed E-state index contributed by atoms with van der Waals surface area (Å²) in [6.45, 7) is 0. The zero-order chi connectivity index (χ0) is 24.4. The molecule has 0 aliphatic carbocycles. The number of alkyl halides is 6. The molecular weight excluding hydrogens is 549 g/mol. The van der Waals surface area contributed by atoms with Crippen LogP contribution in [0.2, 0.25) is 0 Å². The van der Waals surface area contributed by atoms with Crippen molar-refractivity contribution in [2.45, 2.75) is 18.5 Å². The highest BCUT2D eigenvalue weighted by atomic mass is 79.9. The lowest BCUT2D eigenvalue weighted by molar-refractivity contribution is -0.143. The van der Waals surface area contributed by atoms with Crippen LogP contribution in [0.4, 0.5) is 26.3 Å². The van der Waals surface area contributed by atoms with Gasteiger partial charge in [0.25, 0.3) is 0 Å². The van der Waals surface area contributed by atoms with E-state index < -0.39 is 30.7 Å². The average molecular weight is 569 g/mol. The fraction of sp³-hybridized carbons (Fsp3) is 0.111. The van der Waals surface area contributed by atoms with Crippen LogP contribution >= 0.6 is 7.26 Å². The molecule has 0 heterocycles. The van der Waals surface area contributed by atoms with Gasteiger partial charge < -0.3 is 17.0 Å². The Labute approximate surface area is 210 Å². The van der Waals surface area contributed by atoms with E-state index in [-0.39, 0.29) is 34.8 Å². The van der Waals surface area contributed by atoms with Gasteiger partial charge in [-0.1, -0.05) is 54.6 Å². The van der Waals surface area contributed by atoms with Crippen LogP contribution in [-0.2, 0) is 18.5 Å². The van der Waals surface area contributed by atoms with Gasteiger partial charge in [0.15, 0.2) is 0 Å². The van der Waals surface area contributed by atoms with Crippen LogP contribution in [0.3, 0.4) is 0 Å². The summed E-state index contributed by atoms with van der Waals surface area (Å²) < 4.78 is 81.5. The SMILES string of the molecule is FC(F)(F)c1cc(C[P+](c2ccccc2)(c2ccccc2)c2ccccc2)cc(C(F)(F)F)c1.[Br-]. The minimum atomic E-state index is -4.90. The summed E-state index contributed by atoms with van der Waals surface area (Å²) in [7, 11) is -2.65. The first kappa shape index (κ1) is 27.0. The number of rotatable bonds is 5. The lowest BCUT2D eigenvalue weighted by atomic mass is 10.1. The van der Waals surface area contributed by atoms with E-state index >= 15 is 0 Å². The maximum Gasteiger partial charge on any atom is 0.416 e. The van der Waals surface area contributed by atoms with Crippen LogP contribution < -0.4 is 32.9 Å². The molecule has 0 saturated heterocycles. The predicted octanol–water partition coefficient (Wildman–Crippen LogP) is 4.22. The molecule has 0 saturated carbocycles. The van der Waals surface area contributed by atoms with Crippen molar-refractivity contribution < 1.29 is 43.3 Å². The molecule has 8 heteroatoms. The van der Waals surface area contributed by atoms with Crippen molar-refractivity contribution in [3.8, 4) is 0 Å². The minimum absolute atomic E-state index is 0. The summed E-state index contributed by atoms with van der Waals surface area (Å²) in [6, 6.07) is 29.8. The highest BCUT2D eigenvalue weighted by Gasteiger charge is 2.46. The lowest BCUT2D eigenvalue weighted by Crippen LogP contribution is -3.00. The van der Waals surface area contributed by atoms with Crippen LogP contribution in [0.25, 0.3) is 0 Å². The molecule has 4 rings (SSSR count). The highest BCUT2D eigenvalue weighted by Crippen LogP contribution is 2.58. The molecular formula is C27H20BrF6P. The standard InChI is InChI=1S/C27H20F6P.BrH/c28-26(29,30)21-16-20(17-22(18-21)27(31,32)33)19-34(23-10-4-1-5-11-23,24-12-6-2-7-13-24)25-14-8-3-9-15-25;/h1-18H,19H2;1H/q+1;/p-1. The molecule has 0 bridgehead atoms. The third kappa shape index (κ3) is 5.79. The average Bonchev–Trinajstić information content (AvgIpc) is 2.83.